The van der Waals surface area contributed by atoms with Crippen LogP contribution >= 0.6 is 0 Å². The van der Waals surface area contributed by atoms with Crippen LogP contribution in [0.3, 0.4) is 0 Å². The van der Waals surface area contributed by atoms with E-state index in [4.69, 9.17) is 0 Å². The summed E-state index contributed by atoms with van der Waals surface area (Å²) in [5, 5.41) is 3.41. The van der Waals surface area contributed by atoms with E-state index in [1.807, 2.05) is 0 Å². The lowest BCUT2D eigenvalue weighted by Crippen LogP contribution is -2.41. The first kappa shape index (κ1) is 17.0. The van der Waals surface area contributed by atoms with Crippen LogP contribution in [0.25, 0.3) is 0 Å². The highest BCUT2D eigenvalue weighted by molar-refractivity contribution is 4.78. The fourth-order valence-electron chi connectivity index (χ4n) is 3.20. The van der Waals surface area contributed by atoms with Gasteiger partial charge in [-0.3, -0.25) is 0 Å². The molecule has 1 atom stereocenters. The van der Waals surface area contributed by atoms with Crippen molar-refractivity contribution >= 4 is 0 Å². The molecule has 0 radical (unpaired) electrons. The van der Waals surface area contributed by atoms with E-state index in [9.17, 15) is 0 Å². The number of nitrogens with one attached hydrogen (secondary N) is 1. The maximum Gasteiger partial charge on any atom is 0.00649 e. The third-order valence-electron chi connectivity index (χ3n) is 4.87. The zero-order chi connectivity index (χ0) is 13.9. The van der Waals surface area contributed by atoms with E-state index in [1.165, 1.54) is 77.4 Å². The summed E-state index contributed by atoms with van der Waals surface area (Å²) in [5.41, 5.74) is 0. The Bertz CT molecular complexity index is 197. The average molecular weight is 268 g/mol. The Hall–Kier alpha value is -0.0800. The Labute approximate surface area is 121 Å². The van der Waals surface area contributed by atoms with Gasteiger partial charge in [-0.05, 0) is 58.8 Å². The second kappa shape index (κ2) is 10.7. The number of likely N-dealkylation sites (tertiary alicyclic amines) is 1. The number of rotatable bonds is 10. The molecular formula is C17H36N2. The Balaban J connectivity index is 1.95. The summed E-state index contributed by atoms with van der Waals surface area (Å²) in [4.78, 5) is 2.69. The van der Waals surface area contributed by atoms with E-state index < -0.39 is 0 Å². The molecule has 1 fully saturated rings. The van der Waals surface area contributed by atoms with Crippen LogP contribution in [0.1, 0.15) is 71.6 Å². The van der Waals surface area contributed by atoms with Crippen LogP contribution < -0.4 is 5.32 Å². The first-order valence-corrected chi connectivity index (χ1v) is 8.67. The third kappa shape index (κ3) is 7.31. The molecule has 1 heterocycles. The fraction of sp³-hybridized carbons (Fsp3) is 1.00. The van der Waals surface area contributed by atoms with Crippen molar-refractivity contribution in [1.29, 1.82) is 0 Å². The summed E-state index contributed by atoms with van der Waals surface area (Å²) >= 11 is 0. The van der Waals surface area contributed by atoms with Crippen molar-refractivity contribution in [2.75, 3.05) is 26.7 Å². The van der Waals surface area contributed by atoms with E-state index in [0.29, 0.717) is 6.04 Å². The van der Waals surface area contributed by atoms with Gasteiger partial charge in [0.2, 0.25) is 0 Å². The van der Waals surface area contributed by atoms with Gasteiger partial charge in [0, 0.05) is 6.04 Å². The third-order valence-corrected chi connectivity index (χ3v) is 4.87. The van der Waals surface area contributed by atoms with Crippen molar-refractivity contribution < 1.29 is 0 Å². The van der Waals surface area contributed by atoms with Gasteiger partial charge in [0.05, 0.1) is 0 Å². The minimum absolute atomic E-state index is 0.695. The van der Waals surface area contributed by atoms with Crippen LogP contribution in [-0.2, 0) is 0 Å². The maximum atomic E-state index is 3.41. The van der Waals surface area contributed by atoms with Gasteiger partial charge < -0.3 is 10.2 Å². The van der Waals surface area contributed by atoms with Crippen LogP contribution in [0.15, 0.2) is 0 Å². The molecule has 1 aliphatic heterocycles. The van der Waals surface area contributed by atoms with Gasteiger partial charge in [-0.15, -0.1) is 0 Å². The molecule has 1 rings (SSSR count). The minimum atomic E-state index is 0.695. The summed E-state index contributed by atoms with van der Waals surface area (Å²) in [6, 6.07) is 0.695. The van der Waals surface area contributed by atoms with Gasteiger partial charge in [-0.1, -0.05) is 45.4 Å². The van der Waals surface area contributed by atoms with Crippen LogP contribution in [0.2, 0.25) is 0 Å². The van der Waals surface area contributed by atoms with Crippen molar-refractivity contribution in [1.82, 2.24) is 10.2 Å². The highest BCUT2D eigenvalue weighted by Crippen LogP contribution is 2.20. The quantitative estimate of drug-likeness (QED) is 0.601. The molecule has 0 aromatic carbocycles. The number of hydrogen-bond acceptors (Lipinski definition) is 2. The van der Waals surface area contributed by atoms with E-state index in [0.717, 1.165) is 5.92 Å². The molecule has 1 unspecified atom stereocenters. The standard InChI is InChI=1S/C17H36N2/c1-4-5-6-7-8-9-10-13-19-14-11-17(12-15-19)16(2)18-3/h16-18H,4-15H2,1-3H3. The molecule has 1 N–H and O–H groups in total. The topological polar surface area (TPSA) is 15.3 Å². The zero-order valence-electron chi connectivity index (χ0n) is 13.6. The summed E-state index contributed by atoms with van der Waals surface area (Å²) in [6.07, 6.45) is 12.8. The van der Waals surface area contributed by atoms with Gasteiger partial charge in [-0.2, -0.15) is 0 Å². The molecule has 1 aliphatic rings. The Morgan fingerprint density at radius 2 is 1.58 bits per heavy atom. The van der Waals surface area contributed by atoms with Crippen molar-refractivity contribution in [2.24, 2.45) is 5.92 Å². The number of hydrogen-bond donors (Lipinski definition) is 1. The zero-order valence-corrected chi connectivity index (χ0v) is 13.6. The molecule has 0 bridgehead atoms. The lowest BCUT2D eigenvalue weighted by atomic mass is 9.90. The van der Waals surface area contributed by atoms with Crippen molar-refractivity contribution in [3.63, 3.8) is 0 Å². The van der Waals surface area contributed by atoms with Gasteiger partial charge in [0.25, 0.3) is 0 Å². The van der Waals surface area contributed by atoms with Crippen molar-refractivity contribution in [3.05, 3.63) is 0 Å². The number of piperidine rings is 1. The van der Waals surface area contributed by atoms with Gasteiger partial charge >= 0.3 is 0 Å². The second-order valence-corrected chi connectivity index (χ2v) is 6.38. The molecule has 19 heavy (non-hydrogen) atoms. The monoisotopic (exact) mass is 268 g/mol. The molecule has 1 saturated heterocycles. The van der Waals surface area contributed by atoms with Gasteiger partial charge in [0.15, 0.2) is 0 Å². The normalized spacial score (nSPS) is 19.7. The van der Waals surface area contributed by atoms with E-state index in [-0.39, 0.29) is 0 Å². The second-order valence-electron chi connectivity index (χ2n) is 6.38. The lowest BCUT2D eigenvalue weighted by molar-refractivity contribution is 0.162. The molecular weight excluding hydrogens is 232 g/mol. The van der Waals surface area contributed by atoms with Crippen LogP contribution in [-0.4, -0.2) is 37.6 Å². The summed E-state index contributed by atoms with van der Waals surface area (Å²) in [5.74, 6) is 0.898. The highest BCUT2D eigenvalue weighted by atomic mass is 15.1. The molecule has 114 valence electrons. The Kier molecular flexibility index (Phi) is 9.54. The molecule has 0 spiro atoms. The predicted octanol–water partition coefficient (Wildman–Crippen LogP) is 4.06. The SMILES string of the molecule is CCCCCCCCCN1CCC(C(C)NC)CC1. The van der Waals surface area contributed by atoms with Crippen molar-refractivity contribution in [3.8, 4) is 0 Å². The molecule has 0 amide bonds. The highest BCUT2D eigenvalue weighted by Gasteiger charge is 2.22. The van der Waals surface area contributed by atoms with E-state index in [2.05, 4.69) is 31.1 Å². The molecule has 0 aromatic rings. The lowest BCUT2D eigenvalue weighted by Gasteiger charge is -2.34. The predicted molar refractivity (Wildman–Crippen MR) is 85.7 cm³/mol. The molecule has 2 nitrogen and oxygen atoms in total. The average Bonchev–Trinajstić information content (AvgIpc) is 2.46. The van der Waals surface area contributed by atoms with Crippen LogP contribution in [0.5, 0.6) is 0 Å². The minimum Gasteiger partial charge on any atom is -0.317 e. The Morgan fingerprint density at radius 3 is 2.16 bits per heavy atom. The molecule has 0 aliphatic carbocycles. The number of unbranched alkanes of at least 4 members (excludes halogenated alkanes) is 6. The maximum absolute atomic E-state index is 3.41. The first-order chi connectivity index (χ1) is 9.27. The molecule has 0 saturated carbocycles. The number of nitrogens with zero attached hydrogens (tertiary/aromatic N) is 1. The smallest absolute Gasteiger partial charge is 0.00649 e. The van der Waals surface area contributed by atoms with E-state index >= 15 is 0 Å². The Morgan fingerprint density at radius 1 is 1.00 bits per heavy atom. The van der Waals surface area contributed by atoms with Gasteiger partial charge in [0.1, 0.15) is 0 Å². The molecule has 0 aromatic heterocycles. The first-order valence-electron chi connectivity index (χ1n) is 8.67. The van der Waals surface area contributed by atoms with Crippen LogP contribution in [0.4, 0.5) is 0 Å². The van der Waals surface area contributed by atoms with E-state index in [1.54, 1.807) is 0 Å². The summed E-state index contributed by atoms with van der Waals surface area (Å²) in [7, 11) is 2.09. The largest absolute Gasteiger partial charge is 0.317 e. The summed E-state index contributed by atoms with van der Waals surface area (Å²) < 4.78 is 0. The summed E-state index contributed by atoms with van der Waals surface area (Å²) in [6.45, 7) is 8.61. The fourth-order valence-corrected chi connectivity index (χ4v) is 3.20. The van der Waals surface area contributed by atoms with Crippen LogP contribution in [0, 0.1) is 5.92 Å². The van der Waals surface area contributed by atoms with Gasteiger partial charge in [-0.25, -0.2) is 0 Å². The van der Waals surface area contributed by atoms with Crippen molar-refractivity contribution in [2.45, 2.75) is 77.7 Å². The molecule has 2 heteroatoms.